The number of morpholine rings is 1. The number of anilines is 1. The fourth-order valence-corrected chi connectivity index (χ4v) is 5.92. The molecule has 1 aromatic heterocycles. The van der Waals surface area contributed by atoms with Gasteiger partial charge in [0, 0.05) is 36.0 Å². The Kier molecular flexibility index (Phi) is 10.2. The summed E-state index contributed by atoms with van der Waals surface area (Å²) < 4.78 is 11.8. The number of nitrogens with zero attached hydrogens (tertiary/aromatic N) is 3. The summed E-state index contributed by atoms with van der Waals surface area (Å²) in [6.45, 7) is 4.74. The molecule has 4 rings (SSSR count). The Morgan fingerprint density at radius 2 is 1.97 bits per heavy atom. The van der Waals surface area contributed by atoms with E-state index in [0.717, 1.165) is 63.7 Å². The van der Waals surface area contributed by atoms with E-state index in [1.165, 1.54) is 11.8 Å². The number of para-hydroxylation sites is 1. The minimum atomic E-state index is 0. The summed E-state index contributed by atoms with van der Waals surface area (Å²) in [5.74, 6) is 1.25. The average molecular weight is 526 g/mol. The molecule has 1 fully saturated rings. The van der Waals surface area contributed by atoms with Crippen molar-refractivity contribution in [1.29, 1.82) is 0 Å². The summed E-state index contributed by atoms with van der Waals surface area (Å²) in [4.78, 5) is 24.6. The number of fused-ring (bicyclic) bond motifs is 1. The fourth-order valence-electron chi connectivity index (χ4n) is 3.48. The third-order valence-corrected chi connectivity index (χ3v) is 8.10. The topological polar surface area (TPSA) is 54.9 Å². The number of benzene rings is 2. The highest BCUT2D eigenvalue weighted by atomic mass is 35.5. The van der Waals surface area contributed by atoms with Crippen molar-refractivity contribution >= 4 is 68.5 Å². The Hall–Kier alpha value is -1.49. The number of thiazole rings is 1. The van der Waals surface area contributed by atoms with Gasteiger partial charge in [-0.05, 0) is 42.7 Å². The molecular weight excluding hydrogens is 498 g/mol. The van der Waals surface area contributed by atoms with E-state index in [9.17, 15) is 4.79 Å². The lowest BCUT2D eigenvalue weighted by molar-refractivity contribution is -0.116. The van der Waals surface area contributed by atoms with Crippen LogP contribution in [0, 0.1) is 0 Å². The number of hydrogen-bond acceptors (Lipinski definition) is 8. The largest absolute Gasteiger partial charge is 0.497 e. The zero-order valence-electron chi connectivity index (χ0n) is 18.7. The minimum Gasteiger partial charge on any atom is -0.497 e. The third-order valence-electron chi connectivity index (χ3n) is 5.29. The summed E-state index contributed by atoms with van der Waals surface area (Å²) in [5.41, 5.74) is 0.979. The van der Waals surface area contributed by atoms with Crippen LogP contribution in [0.15, 0.2) is 52.3 Å². The Bertz CT molecular complexity index is 1040. The second-order valence-corrected chi connectivity index (χ2v) is 10.2. The highest BCUT2D eigenvalue weighted by Crippen LogP contribution is 2.34. The van der Waals surface area contributed by atoms with Crippen molar-refractivity contribution < 1.29 is 14.3 Å². The van der Waals surface area contributed by atoms with Crippen molar-refractivity contribution in [1.82, 2.24) is 9.88 Å². The predicted molar refractivity (Wildman–Crippen MR) is 142 cm³/mol. The first kappa shape index (κ1) is 26.1. The van der Waals surface area contributed by atoms with Gasteiger partial charge in [-0.3, -0.25) is 14.6 Å². The van der Waals surface area contributed by atoms with Gasteiger partial charge in [0.25, 0.3) is 0 Å². The lowest BCUT2D eigenvalue weighted by Gasteiger charge is -2.29. The molecule has 178 valence electrons. The summed E-state index contributed by atoms with van der Waals surface area (Å²) in [5, 5.41) is 0.773. The van der Waals surface area contributed by atoms with Gasteiger partial charge >= 0.3 is 0 Å². The van der Waals surface area contributed by atoms with Gasteiger partial charge in [-0.2, -0.15) is 0 Å². The number of carbonyl (C=O) groups is 1. The lowest BCUT2D eigenvalue weighted by Crippen LogP contribution is -2.43. The maximum absolute atomic E-state index is 13.3. The Balaban J connectivity index is 0.00000306. The van der Waals surface area contributed by atoms with Gasteiger partial charge in [0.1, 0.15) is 5.75 Å². The van der Waals surface area contributed by atoms with Crippen LogP contribution in [0.5, 0.6) is 5.75 Å². The molecule has 0 spiro atoms. The van der Waals surface area contributed by atoms with Crippen molar-refractivity contribution in [2.75, 3.05) is 63.4 Å². The molecule has 0 unspecified atom stereocenters. The standard InChI is InChI=1S/C23H27N3O3S3.ClH/c1-28-17-6-8-18(9-7-17)31-16-21(27)26(11-10-25-12-14-29-15-13-25)23-24-22-19(30-2)4-3-5-20(22)32-23;/h3-9H,10-16H2,1-2H3;1H. The van der Waals surface area contributed by atoms with Crippen LogP contribution in [-0.2, 0) is 9.53 Å². The van der Waals surface area contributed by atoms with Crippen molar-refractivity contribution in [3.05, 3.63) is 42.5 Å². The molecule has 0 atom stereocenters. The molecule has 1 amide bonds. The summed E-state index contributed by atoms with van der Waals surface area (Å²) >= 11 is 4.81. The van der Waals surface area contributed by atoms with E-state index in [0.29, 0.717) is 12.3 Å². The van der Waals surface area contributed by atoms with Crippen LogP contribution in [0.4, 0.5) is 5.13 Å². The highest BCUT2D eigenvalue weighted by molar-refractivity contribution is 8.00. The first-order chi connectivity index (χ1) is 15.7. The molecule has 2 aromatic carbocycles. The van der Waals surface area contributed by atoms with E-state index < -0.39 is 0 Å². The Labute approximate surface area is 213 Å². The molecule has 2 heterocycles. The minimum absolute atomic E-state index is 0. The number of thioether (sulfide) groups is 2. The number of halogens is 1. The van der Waals surface area contributed by atoms with Gasteiger partial charge in [0.2, 0.25) is 5.91 Å². The molecule has 1 aliphatic rings. The first-order valence-corrected chi connectivity index (χ1v) is 13.5. The van der Waals surface area contributed by atoms with E-state index >= 15 is 0 Å². The zero-order valence-corrected chi connectivity index (χ0v) is 22.0. The summed E-state index contributed by atoms with van der Waals surface area (Å²) in [7, 11) is 1.65. The SMILES string of the molecule is COc1ccc(SCC(=O)N(CCN2CCOCC2)c2nc3c(SC)cccc3s2)cc1.Cl. The second-order valence-electron chi connectivity index (χ2n) is 7.27. The van der Waals surface area contributed by atoms with Crippen LogP contribution in [0.1, 0.15) is 0 Å². The van der Waals surface area contributed by atoms with E-state index in [1.807, 2.05) is 29.2 Å². The van der Waals surface area contributed by atoms with Crippen LogP contribution in [0.2, 0.25) is 0 Å². The van der Waals surface area contributed by atoms with E-state index in [2.05, 4.69) is 29.4 Å². The smallest absolute Gasteiger partial charge is 0.239 e. The molecule has 0 saturated carbocycles. The molecule has 3 aromatic rings. The number of carbonyl (C=O) groups excluding carboxylic acids is 1. The zero-order chi connectivity index (χ0) is 22.3. The number of rotatable bonds is 9. The molecule has 0 radical (unpaired) electrons. The van der Waals surface area contributed by atoms with Gasteiger partial charge in [-0.25, -0.2) is 4.98 Å². The number of methoxy groups -OCH3 is 1. The van der Waals surface area contributed by atoms with Crippen molar-refractivity contribution in [2.45, 2.75) is 9.79 Å². The monoisotopic (exact) mass is 525 g/mol. The third kappa shape index (κ3) is 6.77. The van der Waals surface area contributed by atoms with E-state index in [4.69, 9.17) is 14.5 Å². The van der Waals surface area contributed by atoms with E-state index in [-0.39, 0.29) is 18.3 Å². The molecular formula is C23H28ClN3O3S3. The molecule has 0 aliphatic carbocycles. The van der Waals surface area contributed by atoms with Gasteiger partial charge in [-0.15, -0.1) is 35.9 Å². The molecule has 0 N–H and O–H groups in total. The van der Waals surface area contributed by atoms with Gasteiger partial charge in [0.05, 0.1) is 36.3 Å². The number of aromatic nitrogens is 1. The number of hydrogen-bond donors (Lipinski definition) is 0. The predicted octanol–water partition coefficient (Wildman–Crippen LogP) is 4.91. The molecule has 33 heavy (non-hydrogen) atoms. The quantitative estimate of drug-likeness (QED) is 0.368. The second kappa shape index (κ2) is 12.8. The van der Waals surface area contributed by atoms with E-state index in [1.54, 1.807) is 30.2 Å². The molecule has 10 heteroatoms. The van der Waals surface area contributed by atoms with Crippen molar-refractivity contribution in [2.24, 2.45) is 0 Å². The van der Waals surface area contributed by atoms with Crippen LogP contribution in [0.3, 0.4) is 0 Å². The van der Waals surface area contributed by atoms with Crippen molar-refractivity contribution in [3.63, 3.8) is 0 Å². The molecule has 6 nitrogen and oxygen atoms in total. The molecule has 1 aliphatic heterocycles. The fraction of sp³-hybridized carbons (Fsp3) is 0.391. The van der Waals surface area contributed by atoms with Crippen LogP contribution < -0.4 is 9.64 Å². The normalized spacial score (nSPS) is 14.1. The molecule has 1 saturated heterocycles. The highest BCUT2D eigenvalue weighted by Gasteiger charge is 2.22. The Morgan fingerprint density at radius 1 is 1.21 bits per heavy atom. The summed E-state index contributed by atoms with van der Waals surface area (Å²) in [6, 6.07) is 14.0. The number of ether oxygens (including phenoxy) is 2. The maximum Gasteiger partial charge on any atom is 0.239 e. The van der Waals surface area contributed by atoms with Crippen LogP contribution in [-0.4, -0.2) is 74.3 Å². The van der Waals surface area contributed by atoms with Gasteiger partial charge < -0.3 is 9.47 Å². The van der Waals surface area contributed by atoms with Crippen LogP contribution in [0.25, 0.3) is 10.2 Å². The molecule has 0 bridgehead atoms. The number of amides is 1. The average Bonchev–Trinajstić information content (AvgIpc) is 3.28. The van der Waals surface area contributed by atoms with Crippen LogP contribution >= 0.6 is 47.3 Å². The summed E-state index contributed by atoms with van der Waals surface area (Å²) in [6.07, 6.45) is 2.06. The van der Waals surface area contributed by atoms with Gasteiger partial charge in [0.15, 0.2) is 5.13 Å². The van der Waals surface area contributed by atoms with Gasteiger partial charge in [-0.1, -0.05) is 17.4 Å². The lowest BCUT2D eigenvalue weighted by atomic mass is 10.3. The maximum atomic E-state index is 13.3. The Morgan fingerprint density at radius 3 is 2.67 bits per heavy atom. The van der Waals surface area contributed by atoms with Crippen molar-refractivity contribution in [3.8, 4) is 5.75 Å². The first-order valence-electron chi connectivity index (χ1n) is 10.5.